The van der Waals surface area contributed by atoms with Crippen LogP contribution in [0.2, 0.25) is 5.02 Å². The Morgan fingerprint density at radius 1 is 1.06 bits per heavy atom. The molecule has 0 aliphatic carbocycles. The minimum atomic E-state index is -0.917. The number of nitrogens with zero attached hydrogens (tertiary/aromatic N) is 2. The summed E-state index contributed by atoms with van der Waals surface area (Å²) in [5.74, 6) is 0.713. The smallest absolute Gasteiger partial charge is 0.325 e. The number of hydrogen-bond donors (Lipinski definition) is 2. The van der Waals surface area contributed by atoms with E-state index >= 15 is 0 Å². The SMILES string of the molecule is COc1ccc(NC(=O)CN2CCC3(CC2)NC(=O)N(Cc2ccc(Cl)cc2)C3=O)cc1OC. The van der Waals surface area contributed by atoms with Gasteiger partial charge in [0.15, 0.2) is 11.5 Å². The first-order chi connectivity index (χ1) is 16.3. The Hall–Kier alpha value is -3.30. The van der Waals surface area contributed by atoms with Crippen molar-refractivity contribution in [1.29, 1.82) is 0 Å². The summed E-state index contributed by atoms with van der Waals surface area (Å²) in [7, 11) is 3.08. The lowest BCUT2D eigenvalue weighted by Crippen LogP contribution is -2.55. The Bertz CT molecular complexity index is 1080. The van der Waals surface area contributed by atoms with E-state index in [0.29, 0.717) is 48.1 Å². The summed E-state index contributed by atoms with van der Waals surface area (Å²) in [4.78, 5) is 41.5. The van der Waals surface area contributed by atoms with Crippen LogP contribution in [-0.2, 0) is 16.1 Å². The number of nitrogens with one attached hydrogen (secondary N) is 2. The maximum Gasteiger partial charge on any atom is 0.325 e. The third-order valence-corrected chi connectivity index (χ3v) is 6.50. The third-order valence-electron chi connectivity index (χ3n) is 6.24. The Labute approximate surface area is 202 Å². The van der Waals surface area contributed by atoms with Crippen LogP contribution in [0.1, 0.15) is 18.4 Å². The molecule has 2 N–H and O–H groups in total. The number of anilines is 1. The molecule has 2 heterocycles. The van der Waals surface area contributed by atoms with Crippen LogP contribution >= 0.6 is 11.6 Å². The fraction of sp³-hybridized carbons (Fsp3) is 0.375. The van der Waals surface area contributed by atoms with E-state index in [-0.39, 0.29) is 30.9 Å². The molecule has 34 heavy (non-hydrogen) atoms. The second-order valence-electron chi connectivity index (χ2n) is 8.42. The number of hydrogen-bond acceptors (Lipinski definition) is 6. The Morgan fingerprint density at radius 3 is 2.38 bits per heavy atom. The van der Waals surface area contributed by atoms with Crippen molar-refractivity contribution >= 4 is 35.1 Å². The summed E-state index contributed by atoms with van der Waals surface area (Å²) in [5.41, 5.74) is 0.515. The summed E-state index contributed by atoms with van der Waals surface area (Å²) in [6.45, 7) is 1.41. The van der Waals surface area contributed by atoms with Crippen LogP contribution in [0.25, 0.3) is 0 Å². The predicted molar refractivity (Wildman–Crippen MR) is 127 cm³/mol. The molecule has 2 fully saturated rings. The zero-order valence-corrected chi connectivity index (χ0v) is 19.9. The molecule has 4 amide bonds. The predicted octanol–water partition coefficient (Wildman–Crippen LogP) is 2.88. The highest BCUT2D eigenvalue weighted by atomic mass is 35.5. The lowest BCUT2D eigenvalue weighted by molar-refractivity contribution is -0.133. The van der Waals surface area contributed by atoms with Crippen LogP contribution in [0.5, 0.6) is 11.5 Å². The van der Waals surface area contributed by atoms with Crippen molar-refractivity contribution in [1.82, 2.24) is 15.1 Å². The first-order valence-corrected chi connectivity index (χ1v) is 11.3. The Kier molecular flexibility index (Phi) is 6.95. The molecule has 0 radical (unpaired) electrons. The lowest BCUT2D eigenvalue weighted by Gasteiger charge is -2.36. The number of carbonyl (C=O) groups excluding carboxylic acids is 3. The molecule has 2 aromatic carbocycles. The Balaban J connectivity index is 1.32. The van der Waals surface area contributed by atoms with Gasteiger partial charge >= 0.3 is 6.03 Å². The minimum Gasteiger partial charge on any atom is -0.493 e. The molecule has 4 rings (SSSR count). The number of imide groups is 1. The number of benzene rings is 2. The molecule has 2 aliphatic rings. The van der Waals surface area contributed by atoms with Gasteiger partial charge in [-0.3, -0.25) is 19.4 Å². The van der Waals surface area contributed by atoms with Crippen molar-refractivity contribution in [3.63, 3.8) is 0 Å². The molecule has 0 unspecified atom stereocenters. The molecule has 9 nitrogen and oxygen atoms in total. The van der Waals surface area contributed by atoms with Gasteiger partial charge in [0.05, 0.1) is 27.3 Å². The highest BCUT2D eigenvalue weighted by molar-refractivity contribution is 6.30. The zero-order chi connectivity index (χ0) is 24.3. The van der Waals surface area contributed by atoms with Gasteiger partial charge in [-0.2, -0.15) is 0 Å². The van der Waals surface area contributed by atoms with E-state index in [1.807, 2.05) is 4.90 Å². The number of likely N-dealkylation sites (tertiary alicyclic amines) is 1. The summed E-state index contributed by atoms with van der Waals surface area (Å²) >= 11 is 5.92. The number of methoxy groups -OCH3 is 2. The van der Waals surface area contributed by atoms with Crippen molar-refractivity contribution in [2.75, 3.05) is 39.2 Å². The van der Waals surface area contributed by atoms with E-state index in [9.17, 15) is 14.4 Å². The number of piperidine rings is 1. The average Bonchev–Trinajstić information content (AvgIpc) is 3.05. The van der Waals surface area contributed by atoms with Gasteiger partial charge in [-0.1, -0.05) is 23.7 Å². The van der Waals surface area contributed by atoms with Crippen LogP contribution in [0, 0.1) is 0 Å². The molecule has 0 bridgehead atoms. The summed E-state index contributed by atoms with van der Waals surface area (Å²) in [6, 6.07) is 11.8. The maximum atomic E-state index is 13.1. The van der Waals surface area contributed by atoms with Crippen molar-refractivity contribution in [2.45, 2.75) is 24.9 Å². The zero-order valence-electron chi connectivity index (χ0n) is 19.1. The molecule has 2 aliphatic heterocycles. The molecular weight excluding hydrogens is 460 g/mol. The lowest BCUT2D eigenvalue weighted by atomic mass is 9.87. The minimum absolute atomic E-state index is 0.172. The summed E-state index contributed by atoms with van der Waals surface area (Å²) in [5, 5.41) is 6.35. The fourth-order valence-corrected chi connectivity index (χ4v) is 4.47. The van der Waals surface area contributed by atoms with Crippen LogP contribution in [0.15, 0.2) is 42.5 Å². The maximum absolute atomic E-state index is 13.1. The third kappa shape index (κ3) is 4.95. The van der Waals surface area contributed by atoms with Crippen molar-refractivity contribution in [2.24, 2.45) is 0 Å². The second kappa shape index (κ2) is 9.90. The molecule has 0 saturated carbocycles. The van der Waals surface area contributed by atoms with Crippen LogP contribution in [0.3, 0.4) is 0 Å². The highest BCUT2D eigenvalue weighted by Gasteiger charge is 2.52. The number of carbonyl (C=O) groups is 3. The van der Waals surface area contributed by atoms with Gasteiger partial charge in [0.25, 0.3) is 5.91 Å². The number of rotatable bonds is 7. The monoisotopic (exact) mass is 486 g/mol. The largest absolute Gasteiger partial charge is 0.493 e. The molecule has 10 heteroatoms. The molecule has 1 spiro atoms. The van der Waals surface area contributed by atoms with Crippen LogP contribution in [-0.4, -0.2) is 67.0 Å². The Morgan fingerprint density at radius 2 is 1.74 bits per heavy atom. The van der Waals surface area contributed by atoms with E-state index in [1.54, 1.807) is 49.6 Å². The van der Waals surface area contributed by atoms with Gasteiger partial charge in [0, 0.05) is 29.9 Å². The van der Waals surface area contributed by atoms with Crippen molar-refractivity contribution in [3.05, 3.63) is 53.1 Å². The van der Waals surface area contributed by atoms with Gasteiger partial charge < -0.3 is 20.1 Å². The molecular formula is C24H27ClN4O5. The summed E-state index contributed by atoms with van der Waals surface area (Å²) in [6.07, 6.45) is 0.886. The van der Waals surface area contributed by atoms with Crippen LogP contribution in [0.4, 0.5) is 10.5 Å². The van der Waals surface area contributed by atoms with Crippen molar-refractivity contribution < 1.29 is 23.9 Å². The van der Waals surface area contributed by atoms with Gasteiger partial charge in [0.2, 0.25) is 5.91 Å². The second-order valence-corrected chi connectivity index (χ2v) is 8.86. The van der Waals surface area contributed by atoms with Gasteiger partial charge in [-0.15, -0.1) is 0 Å². The quantitative estimate of drug-likeness (QED) is 0.584. The highest BCUT2D eigenvalue weighted by Crippen LogP contribution is 2.31. The molecule has 2 aromatic rings. The summed E-state index contributed by atoms with van der Waals surface area (Å²) < 4.78 is 10.5. The normalized spacial score (nSPS) is 17.6. The first kappa shape index (κ1) is 23.8. The average molecular weight is 487 g/mol. The molecule has 2 saturated heterocycles. The van der Waals surface area contributed by atoms with E-state index < -0.39 is 5.54 Å². The molecule has 0 aromatic heterocycles. The number of urea groups is 1. The molecule has 0 atom stereocenters. The van der Waals surface area contributed by atoms with Crippen LogP contribution < -0.4 is 20.1 Å². The number of halogens is 1. The van der Waals surface area contributed by atoms with E-state index in [1.165, 1.54) is 12.0 Å². The topological polar surface area (TPSA) is 100 Å². The molecule has 180 valence electrons. The van der Waals surface area contributed by atoms with E-state index in [0.717, 1.165) is 5.56 Å². The van der Waals surface area contributed by atoms with E-state index in [4.69, 9.17) is 21.1 Å². The fourth-order valence-electron chi connectivity index (χ4n) is 4.34. The van der Waals surface area contributed by atoms with Gasteiger partial charge in [-0.25, -0.2) is 4.79 Å². The number of amides is 4. The standard InChI is InChI=1S/C24H27ClN4O5/c1-33-19-8-7-18(13-20(19)34-2)26-21(30)15-28-11-9-24(10-12-28)22(31)29(23(32)27-24)14-16-3-5-17(25)6-4-16/h3-8,13H,9-12,14-15H2,1-2H3,(H,26,30)(H,27,32). The van der Waals surface area contributed by atoms with Crippen molar-refractivity contribution in [3.8, 4) is 11.5 Å². The van der Waals surface area contributed by atoms with Gasteiger partial charge in [-0.05, 0) is 42.7 Å². The van der Waals surface area contributed by atoms with E-state index in [2.05, 4.69) is 10.6 Å². The van der Waals surface area contributed by atoms with Gasteiger partial charge in [0.1, 0.15) is 5.54 Å². The first-order valence-electron chi connectivity index (χ1n) is 11.0. The number of ether oxygens (including phenoxy) is 2.